The molecule has 2 nitrogen and oxygen atoms in total. The summed E-state index contributed by atoms with van der Waals surface area (Å²) in [5, 5.41) is 0. The summed E-state index contributed by atoms with van der Waals surface area (Å²) in [5.41, 5.74) is 8.65. The molecule has 0 amide bonds. The van der Waals surface area contributed by atoms with E-state index in [9.17, 15) is 0 Å². The van der Waals surface area contributed by atoms with Crippen molar-refractivity contribution < 1.29 is 0 Å². The molecule has 2 unspecified atom stereocenters. The molecule has 1 aromatic carbocycles. The van der Waals surface area contributed by atoms with Crippen molar-refractivity contribution in [1.29, 1.82) is 0 Å². The Hall–Kier alpha value is -1.02. The van der Waals surface area contributed by atoms with Gasteiger partial charge in [-0.3, -0.25) is 0 Å². The van der Waals surface area contributed by atoms with E-state index in [1.807, 2.05) is 0 Å². The molecule has 2 rings (SSSR count). The van der Waals surface area contributed by atoms with Gasteiger partial charge in [-0.15, -0.1) is 0 Å². The fraction of sp³-hybridized carbons (Fsp3) is 0.600. The van der Waals surface area contributed by atoms with E-state index in [0.717, 1.165) is 6.54 Å². The molecule has 2 heteroatoms. The third-order valence-corrected chi connectivity index (χ3v) is 4.05. The van der Waals surface area contributed by atoms with Crippen molar-refractivity contribution in [2.75, 3.05) is 25.5 Å². The molecule has 0 radical (unpaired) electrons. The molecule has 0 saturated heterocycles. The van der Waals surface area contributed by atoms with Crippen molar-refractivity contribution in [3.8, 4) is 0 Å². The molecule has 0 heterocycles. The Balaban J connectivity index is 2.15. The van der Waals surface area contributed by atoms with E-state index in [0.29, 0.717) is 11.8 Å². The van der Waals surface area contributed by atoms with Crippen molar-refractivity contribution in [3.05, 3.63) is 29.8 Å². The summed E-state index contributed by atoms with van der Waals surface area (Å²) in [5.74, 6) is 1.37. The van der Waals surface area contributed by atoms with Crippen molar-refractivity contribution in [2.24, 2.45) is 11.7 Å². The zero-order chi connectivity index (χ0) is 12.3. The van der Waals surface area contributed by atoms with Gasteiger partial charge in [0.15, 0.2) is 0 Å². The molecule has 1 aliphatic rings. The zero-order valence-corrected chi connectivity index (χ0v) is 11.0. The summed E-state index contributed by atoms with van der Waals surface area (Å²) in [7, 11) is 4.16. The zero-order valence-electron chi connectivity index (χ0n) is 11.0. The maximum atomic E-state index is 5.90. The van der Waals surface area contributed by atoms with Crippen LogP contribution >= 0.6 is 0 Å². The van der Waals surface area contributed by atoms with Crippen LogP contribution in [0.25, 0.3) is 0 Å². The first-order valence-corrected chi connectivity index (χ1v) is 6.69. The molecule has 0 spiro atoms. The third kappa shape index (κ3) is 2.81. The third-order valence-electron chi connectivity index (χ3n) is 4.05. The first kappa shape index (κ1) is 12.4. The summed E-state index contributed by atoms with van der Waals surface area (Å²) >= 11 is 0. The first-order valence-electron chi connectivity index (χ1n) is 6.69. The van der Waals surface area contributed by atoms with Crippen LogP contribution in [0.2, 0.25) is 0 Å². The fourth-order valence-corrected chi connectivity index (χ4v) is 2.95. The van der Waals surface area contributed by atoms with Gasteiger partial charge in [0.25, 0.3) is 0 Å². The van der Waals surface area contributed by atoms with E-state index < -0.39 is 0 Å². The van der Waals surface area contributed by atoms with E-state index in [1.54, 1.807) is 0 Å². The largest absolute Gasteiger partial charge is 0.378 e. The van der Waals surface area contributed by atoms with Crippen LogP contribution in [-0.4, -0.2) is 20.6 Å². The van der Waals surface area contributed by atoms with Crippen molar-refractivity contribution in [3.63, 3.8) is 0 Å². The Morgan fingerprint density at radius 2 is 1.76 bits per heavy atom. The van der Waals surface area contributed by atoms with Gasteiger partial charge in [0, 0.05) is 19.8 Å². The molecular weight excluding hydrogens is 208 g/mol. The second kappa shape index (κ2) is 5.54. The van der Waals surface area contributed by atoms with Gasteiger partial charge in [-0.25, -0.2) is 0 Å². The predicted molar refractivity (Wildman–Crippen MR) is 74.5 cm³/mol. The minimum atomic E-state index is 0.685. The van der Waals surface area contributed by atoms with Crippen LogP contribution in [0.5, 0.6) is 0 Å². The summed E-state index contributed by atoms with van der Waals surface area (Å²) < 4.78 is 0. The lowest BCUT2D eigenvalue weighted by molar-refractivity contribution is 0.314. The van der Waals surface area contributed by atoms with E-state index >= 15 is 0 Å². The van der Waals surface area contributed by atoms with Crippen LogP contribution in [0.3, 0.4) is 0 Å². The predicted octanol–water partition coefficient (Wildman–Crippen LogP) is 2.99. The molecule has 94 valence electrons. The highest BCUT2D eigenvalue weighted by Gasteiger charge is 2.25. The molecule has 0 bridgehead atoms. The second-order valence-corrected chi connectivity index (χ2v) is 5.37. The fourth-order valence-electron chi connectivity index (χ4n) is 2.95. The number of nitrogens with two attached hydrogens (primary N) is 1. The van der Waals surface area contributed by atoms with Crippen LogP contribution in [0, 0.1) is 5.92 Å². The van der Waals surface area contributed by atoms with Gasteiger partial charge in [-0.05, 0) is 48.9 Å². The number of hydrogen-bond donors (Lipinski definition) is 1. The highest BCUT2D eigenvalue weighted by molar-refractivity contribution is 5.46. The number of anilines is 1. The normalized spacial score (nSPS) is 24.6. The maximum absolute atomic E-state index is 5.90. The molecular formula is C15H24N2. The smallest absolute Gasteiger partial charge is 0.0361 e. The monoisotopic (exact) mass is 232 g/mol. The summed E-state index contributed by atoms with van der Waals surface area (Å²) in [6, 6.07) is 9.01. The Morgan fingerprint density at radius 3 is 2.35 bits per heavy atom. The second-order valence-electron chi connectivity index (χ2n) is 5.37. The van der Waals surface area contributed by atoms with Crippen LogP contribution in [-0.2, 0) is 0 Å². The standard InChI is InChI=1S/C15H24N2/c1-17(2)14-9-7-12(8-10-14)15-6-4-3-5-13(15)11-16/h7-10,13,15H,3-6,11,16H2,1-2H3. The molecule has 2 N–H and O–H groups in total. The molecule has 0 aliphatic heterocycles. The van der Waals surface area contributed by atoms with Crippen LogP contribution < -0.4 is 10.6 Å². The van der Waals surface area contributed by atoms with Gasteiger partial charge in [0.1, 0.15) is 0 Å². The molecule has 1 saturated carbocycles. The highest BCUT2D eigenvalue weighted by Crippen LogP contribution is 2.37. The first-order chi connectivity index (χ1) is 8.22. The lowest BCUT2D eigenvalue weighted by Gasteiger charge is -2.31. The molecule has 0 aromatic heterocycles. The minimum Gasteiger partial charge on any atom is -0.378 e. The SMILES string of the molecule is CN(C)c1ccc(C2CCCCC2CN)cc1. The number of hydrogen-bond acceptors (Lipinski definition) is 2. The van der Waals surface area contributed by atoms with E-state index in [4.69, 9.17) is 5.73 Å². The van der Waals surface area contributed by atoms with Gasteiger partial charge in [-0.1, -0.05) is 25.0 Å². The molecule has 1 aromatic rings. The van der Waals surface area contributed by atoms with Crippen LogP contribution in [0.1, 0.15) is 37.2 Å². The van der Waals surface area contributed by atoms with Gasteiger partial charge in [0.05, 0.1) is 0 Å². The van der Waals surface area contributed by atoms with E-state index in [-0.39, 0.29) is 0 Å². The molecule has 1 aliphatic carbocycles. The average molecular weight is 232 g/mol. The lowest BCUT2D eigenvalue weighted by Crippen LogP contribution is -2.25. The minimum absolute atomic E-state index is 0.685. The lowest BCUT2D eigenvalue weighted by atomic mass is 9.75. The van der Waals surface area contributed by atoms with E-state index in [2.05, 4.69) is 43.3 Å². The van der Waals surface area contributed by atoms with Gasteiger partial charge >= 0.3 is 0 Å². The topological polar surface area (TPSA) is 29.3 Å². The summed E-state index contributed by atoms with van der Waals surface area (Å²) in [4.78, 5) is 2.14. The summed E-state index contributed by atoms with van der Waals surface area (Å²) in [6.07, 6.45) is 5.32. The molecule has 2 atom stereocenters. The van der Waals surface area contributed by atoms with Gasteiger partial charge in [-0.2, -0.15) is 0 Å². The molecule has 1 fully saturated rings. The Bertz CT molecular complexity index is 342. The van der Waals surface area contributed by atoms with Gasteiger partial charge in [0.2, 0.25) is 0 Å². The highest BCUT2D eigenvalue weighted by atomic mass is 15.1. The Labute approximate surface area is 105 Å². The van der Waals surface area contributed by atoms with Crippen molar-refractivity contribution in [2.45, 2.75) is 31.6 Å². The number of nitrogens with zero attached hydrogens (tertiary/aromatic N) is 1. The van der Waals surface area contributed by atoms with Crippen LogP contribution in [0.15, 0.2) is 24.3 Å². The molecule has 17 heavy (non-hydrogen) atoms. The van der Waals surface area contributed by atoms with Crippen molar-refractivity contribution >= 4 is 5.69 Å². The average Bonchev–Trinajstić information content (AvgIpc) is 2.39. The number of rotatable bonds is 3. The van der Waals surface area contributed by atoms with Crippen molar-refractivity contribution in [1.82, 2.24) is 0 Å². The van der Waals surface area contributed by atoms with E-state index in [1.165, 1.54) is 36.9 Å². The summed E-state index contributed by atoms with van der Waals surface area (Å²) in [6.45, 7) is 0.833. The Kier molecular flexibility index (Phi) is 4.06. The quantitative estimate of drug-likeness (QED) is 0.868. The number of benzene rings is 1. The maximum Gasteiger partial charge on any atom is 0.0361 e. The Morgan fingerprint density at radius 1 is 1.12 bits per heavy atom. The van der Waals surface area contributed by atoms with Gasteiger partial charge < -0.3 is 10.6 Å². The van der Waals surface area contributed by atoms with Crippen LogP contribution in [0.4, 0.5) is 5.69 Å².